The predicted octanol–water partition coefficient (Wildman–Crippen LogP) is 3.71. The van der Waals surface area contributed by atoms with Crippen LogP contribution in [0.5, 0.6) is 0 Å². The second-order valence-corrected chi connectivity index (χ2v) is 6.16. The molecule has 1 aliphatic heterocycles. The number of halogens is 1. The van der Waals surface area contributed by atoms with E-state index in [1.807, 2.05) is 6.92 Å². The Kier molecular flexibility index (Phi) is 4.04. The van der Waals surface area contributed by atoms with Gasteiger partial charge in [-0.25, -0.2) is 4.39 Å². The van der Waals surface area contributed by atoms with Gasteiger partial charge in [-0.1, -0.05) is 12.1 Å². The molecule has 2 N–H and O–H groups in total. The third-order valence-electron chi connectivity index (χ3n) is 3.61. The summed E-state index contributed by atoms with van der Waals surface area (Å²) in [7, 11) is 0. The fourth-order valence-electron chi connectivity index (χ4n) is 2.55. The highest BCUT2D eigenvalue weighted by Gasteiger charge is 2.34. The first-order chi connectivity index (χ1) is 10.6. The van der Waals surface area contributed by atoms with Crippen molar-refractivity contribution in [2.45, 2.75) is 12.3 Å². The van der Waals surface area contributed by atoms with Crippen molar-refractivity contribution >= 4 is 29.0 Å². The number of carbonyl (C=O) groups excluding carboxylic acids is 1. The highest BCUT2D eigenvalue weighted by Crippen LogP contribution is 2.43. The molecule has 0 aromatic heterocycles. The van der Waals surface area contributed by atoms with Crippen molar-refractivity contribution in [3.05, 3.63) is 59.4 Å². The van der Waals surface area contributed by atoms with E-state index in [0.717, 1.165) is 16.8 Å². The van der Waals surface area contributed by atoms with Crippen molar-refractivity contribution in [1.82, 2.24) is 0 Å². The van der Waals surface area contributed by atoms with Crippen LogP contribution >= 0.6 is 11.8 Å². The lowest BCUT2D eigenvalue weighted by Gasteiger charge is -2.26. The molecule has 1 unspecified atom stereocenters. The average molecular weight is 318 g/mol. The normalized spacial score (nSPS) is 17.9. The Morgan fingerprint density at radius 3 is 2.64 bits per heavy atom. The molecular formula is C16H15FN2O2S. The van der Waals surface area contributed by atoms with E-state index in [2.05, 4.69) is 5.48 Å². The van der Waals surface area contributed by atoms with E-state index in [-0.39, 0.29) is 17.1 Å². The molecule has 1 atom stereocenters. The first-order valence-electron chi connectivity index (χ1n) is 6.80. The molecule has 3 rings (SSSR count). The minimum absolute atomic E-state index is 0.0205. The summed E-state index contributed by atoms with van der Waals surface area (Å²) in [6.07, 6.45) is 0. The van der Waals surface area contributed by atoms with E-state index in [9.17, 15) is 9.18 Å². The maximum absolute atomic E-state index is 13.1. The summed E-state index contributed by atoms with van der Waals surface area (Å²) in [5, 5.41) is 8.79. The molecule has 22 heavy (non-hydrogen) atoms. The van der Waals surface area contributed by atoms with Gasteiger partial charge in [0.1, 0.15) is 11.2 Å². The number of nitrogens with one attached hydrogen (secondary N) is 1. The molecule has 1 amide bonds. The van der Waals surface area contributed by atoms with Gasteiger partial charge in [0.15, 0.2) is 0 Å². The third kappa shape index (κ3) is 2.67. The number of hydrogen-bond acceptors (Lipinski definition) is 4. The minimum Gasteiger partial charge on any atom is -0.295 e. The van der Waals surface area contributed by atoms with Crippen LogP contribution in [0.25, 0.3) is 0 Å². The van der Waals surface area contributed by atoms with Gasteiger partial charge in [0.25, 0.3) is 0 Å². The number of aryl methyl sites for hydroxylation is 1. The molecule has 0 saturated carbocycles. The Bertz CT molecular complexity index is 706. The van der Waals surface area contributed by atoms with Crippen LogP contribution in [-0.4, -0.2) is 16.9 Å². The van der Waals surface area contributed by atoms with Crippen LogP contribution in [-0.2, 0) is 4.79 Å². The Hall–Kier alpha value is -2.05. The second kappa shape index (κ2) is 5.98. The summed E-state index contributed by atoms with van der Waals surface area (Å²) in [5.74, 6) is 0.118. The molecule has 6 heteroatoms. The van der Waals surface area contributed by atoms with Gasteiger partial charge in [0.2, 0.25) is 5.91 Å². The summed E-state index contributed by atoms with van der Waals surface area (Å²) < 4.78 is 13.1. The number of carbonyl (C=O) groups is 1. The lowest BCUT2D eigenvalue weighted by molar-refractivity contribution is -0.115. The van der Waals surface area contributed by atoms with Crippen molar-refractivity contribution in [1.29, 1.82) is 0 Å². The Labute approximate surface area is 131 Å². The Balaban J connectivity index is 1.99. The Morgan fingerprint density at radius 2 is 2.00 bits per heavy atom. The van der Waals surface area contributed by atoms with Gasteiger partial charge < -0.3 is 0 Å². The van der Waals surface area contributed by atoms with Gasteiger partial charge in [-0.3, -0.25) is 20.4 Å². The maximum atomic E-state index is 13.1. The number of hydrogen-bond donors (Lipinski definition) is 2. The molecule has 0 spiro atoms. The van der Waals surface area contributed by atoms with E-state index < -0.39 is 0 Å². The van der Waals surface area contributed by atoms with Gasteiger partial charge >= 0.3 is 0 Å². The molecule has 2 aromatic carbocycles. The van der Waals surface area contributed by atoms with Gasteiger partial charge in [0, 0.05) is 5.69 Å². The average Bonchev–Trinajstić information content (AvgIpc) is 2.89. The zero-order valence-corrected chi connectivity index (χ0v) is 12.7. The van der Waals surface area contributed by atoms with Gasteiger partial charge in [-0.05, 0) is 48.4 Å². The van der Waals surface area contributed by atoms with Crippen LogP contribution in [0.1, 0.15) is 16.5 Å². The molecule has 1 heterocycles. The summed E-state index contributed by atoms with van der Waals surface area (Å²) in [5.41, 5.74) is 5.23. The molecule has 0 radical (unpaired) electrons. The molecule has 1 aliphatic rings. The molecule has 2 aromatic rings. The summed E-state index contributed by atoms with van der Waals surface area (Å²) in [6, 6.07) is 11.5. The largest absolute Gasteiger partial charge is 0.295 e. The number of thioether (sulfide) groups is 1. The van der Waals surface area contributed by atoms with Crippen LogP contribution in [0.4, 0.5) is 15.8 Å². The first-order valence-corrected chi connectivity index (χ1v) is 7.85. The van der Waals surface area contributed by atoms with Crippen molar-refractivity contribution in [3.63, 3.8) is 0 Å². The molecule has 1 saturated heterocycles. The molecule has 114 valence electrons. The van der Waals surface area contributed by atoms with Crippen molar-refractivity contribution in [2.24, 2.45) is 0 Å². The van der Waals surface area contributed by atoms with Crippen LogP contribution in [0.15, 0.2) is 42.5 Å². The van der Waals surface area contributed by atoms with Crippen molar-refractivity contribution < 1.29 is 14.4 Å². The van der Waals surface area contributed by atoms with E-state index in [0.29, 0.717) is 11.4 Å². The minimum atomic E-state index is -0.292. The van der Waals surface area contributed by atoms with E-state index >= 15 is 0 Å². The molecule has 1 fully saturated rings. The van der Waals surface area contributed by atoms with Gasteiger partial charge in [0.05, 0.1) is 11.4 Å². The maximum Gasteiger partial charge on any atom is 0.238 e. The fraction of sp³-hybridized carbons (Fsp3) is 0.188. The highest BCUT2D eigenvalue weighted by atomic mass is 32.2. The lowest BCUT2D eigenvalue weighted by Crippen LogP contribution is -2.28. The quantitative estimate of drug-likeness (QED) is 0.847. The van der Waals surface area contributed by atoms with Crippen LogP contribution in [0, 0.1) is 12.7 Å². The zero-order chi connectivity index (χ0) is 15.7. The predicted molar refractivity (Wildman–Crippen MR) is 85.7 cm³/mol. The fourth-order valence-corrected chi connectivity index (χ4v) is 3.72. The number of amides is 1. The summed E-state index contributed by atoms with van der Waals surface area (Å²) in [4.78, 5) is 14.0. The highest BCUT2D eigenvalue weighted by molar-refractivity contribution is 8.00. The number of nitrogens with zero attached hydrogens (tertiary/aromatic N) is 1. The number of anilines is 2. The molecular weight excluding hydrogens is 303 g/mol. The van der Waals surface area contributed by atoms with Gasteiger partial charge in [-0.2, -0.15) is 0 Å². The SMILES string of the molecule is Cc1cc(NO)ccc1N1C(=O)CSC1c1ccc(F)cc1. The monoisotopic (exact) mass is 318 g/mol. The van der Waals surface area contributed by atoms with Crippen molar-refractivity contribution in [2.75, 3.05) is 16.1 Å². The van der Waals surface area contributed by atoms with Crippen LogP contribution < -0.4 is 10.4 Å². The molecule has 0 aliphatic carbocycles. The molecule has 0 bridgehead atoms. The van der Waals surface area contributed by atoms with E-state index in [1.54, 1.807) is 35.2 Å². The number of rotatable bonds is 3. The smallest absolute Gasteiger partial charge is 0.238 e. The van der Waals surface area contributed by atoms with E-state index in [1.165, 1.54) is 23.9 Å². The van der Waals surface area contributed by atoms with Gasteiger partial charge in [-0.15, -0.1) is 11.8 Å². The topological polar surface area (TPSA) is 52.6 Å². The molecule has 4 nitrogen and oxygen atoms in total. The van der Waals surface area contributed by atoms with Crippen LogP contribution in [0.3, 0.4) is 0 Å². The van der Waals surface area contributed by atoms with E-state index in [4.69, 9.17) is 5.21 Å². The first kappa shape index (κ1) is 14.9. The standard InChI is InChI=1S/C16H15FN2O2S/c1-10-8-13(18-21)6-7-14(10)19-15(20)9-22-16(19)11-2-4-12(17)5-3-11/h2-8,16,18,21H,9H2,1H3. The Morgan fingerprint density at radius 1 is 1.27 bits per heavy atom. The summed E-state index contributed by atoms with van der Waals surface area (Å²) >= 11 is 1.52. The zero-order valence-electron chi connectivity index (χ0n) is 11.9. The number of benzene rings is 2. The summed E-state index contributed by atoms with van der Waals surface area (Å²) in [6.45, 7) is 1.88. The second-order valence-electron chi connectivity index (χ2n) is 5.09. The third-order valence-corrected chi connectivity index (χ3v) is 4.82. The lowest BCUT2D eigenvalue weighted by atomic mass is 10.1. The van der Waals surface area contributed by atoms with Crippen molar-refractivity contribution in [3.8, 4) is 0 Å². The van der Waals surface area contributed by atoms with Crippen LogP contribution in [0.2, 0.25) is 0 Å².